The van der Waals surface area contributed by atoms with Crippen LogP contribution >= 0.6 is 0 Å². The third-order valence-corrected chi connectivity index (χ3v) is 4.50. The number of likely N-dealkylation sites (N-methyl/N-ethyl adjacent to an activating group) is 1. The van der Waals surface area contributed by atoms with Gasteiger partial charge in [-0.05, 0) is 46.3 Å². The van der Waals surface area contributed by atoms with Crippen molar-refractivity contribution in [1.29, 1.82) is 0 Å². The first kappa shape index (κ1) is 15.0. The Morgan fingerprint density at radius 3 is 2.24 bits per heavy atom. The lowest BCUT2D eigenvalue weighted by Crippen LogP contribution is -2.57. The molecule has 17 heavy (non-hydrogen) atoms. The van der Waals surface area contributed by atoms with Gasteiger partial charge < -0.3 is 10.2 Å². The van der Waals surface area contributed by atoms with Crippen molar-refractivity contribution >= 4 is 0 Å². The van der Waals surface area contributed by atoms with Gasteiger partial charge in [0.05, 0.1) is 0 Å². The molecule has 0 radical (unpaired) electrons. The summed E-state index contributed by atoms with van der Waals surface area (Å²) in [6.45, 7) is 5.73. The normalized spacial score (nSPS) is 21.0. The molecule has 102 valence electrons. The second-order valence-corrected chi connectivity index (χ2v) is 5.85. The Labute approximate surface area is 108 Å². The number of nitrogens with zero attached hydrogens (tertiary/aromatic N) is 1. The van der Waals surface area contributed by atoms with E-state index in [1.807, 2.05) is 0 Å². The van der Waals surface area contributed by atoms with E-state index in [9.17, 15) is 0 Å². The molecular weight excluding hydrogens is 208 g/mol. The fourth-order valence-electron chi connectivity index (χ4n) is 3.38. The smallest absolute Gasteiger partial charge is 0.0356 e. The molecule has 1 N–H and O–H groups in total. The Kier molecular flexibility index (Phi) is 6.50. The maximum atomic E-state index is 3.83. The molecule has 0 aromatic rings. The first-order valence-electron chi connectivity index (χ1n) is 7.58. The number of nitrogens with one attached hydrogen (secondary N) is 1. The van der Waals surface area contributed by atoms with E-state index in [0.29, 0.717) is 11.6 Å². The fourth-order valence-corrected chi connectivity index (χ4v) is 3.38. The molecule has 0 amide bonds. The molecule has 1 atom stereocenters. The Morgan fingerprint density at radius 1 is 1.12 bits per heavy atom. The van der Waals surface area contributed by atoms with Crippen LogP contribution in [0.15, 0.2) is 0 Å². The van der Waals surface area contributed by atoms with E-state index >= 15 is 0 Å². The van der Waals surface area contributed by atoms with Gasteiger partial charge in [0.2, 0.25) is 0 Å². The van der Waals surface area contributed by atoms with Crippen LogP contribution in [0.5, 0.6) is 0 Å². The molecule has 0 spiro atoms. The first-order valence-corrected chi connectivity index (χ1v) is 7.58. The van der Waals surface area contributed by atoms with Crippen LogP contribution in [0, 0.1) is 0 Å². The van der Waals surface area contributed by atoms with Crippen LogP contribution in [0.1, 0.15) is 65.2 Å². The quantitative estimate of drug-likeness (QED) is 0.699. The molecule has 0 aromatic heterocycles. The summed E-state index contributed by atoms with van der Waals surface area (Å²) in [4.78, 5) is 2.50. The van der Waals surface area contributed by atoms with E-state index in [0.717, 1.165) is 0 Å². The lowest BCUT2D eigenvalue weighted by Gasteiger charge is -2.44. The van der Waals surface area contributed by atoms with E-state index in [1.54, 1.807) is 0 Å². The lowest BCUT2D eigenvalue weighted by molar-refractivity contribution is 0.0987. The van der Waals surface area contributed by atoms with Gasteiger partial charge >= 0.3 is 0 Å². The Hall–Kier alpha value is -0.0800. The van der Waals surface area contributed by atoms with Crippen LogP contribution in [0.3, 0.4) is 0 Å². The maximum Gasteiger partial charge on any atom is 0.0356 e. The first-order chi connectivity index (χ1) is 8.17. The van der Waals surface area contributed by atoms with Crippen molar-refractivity contribution in [3.63, 3.8) is 0 Å². The fraction of sp³-hybridized carbons (Fsp3) is 1.00. The van der Waals surface area contributed by atoms with Crippen LogP contribution in [0.4, 0.5) is 0 Å². The highest BCUT2D eigenvalue weighted by atomic mass is 15.2. The van der Waals surface area contributed by atoms with Gasteiger partial charge in [0.1, 0.15) is 0 Å². The van der Waals surface area contributed by atoms with Gasteiger partial charge in [-0.1, -0.05) is 39.5 Å². The average Bonchev–Trinajstić information content (AvgIpc) is 2.79. The van der Waals surface area contributed by atoms with E-state index in [1.165, 1.54) is 57.9 Å². The minimum absolute atomic E-state index is 0.435. The van der Waals surface area contributed by atoms with Gasteiger partial charge in [0.15, 0.2) is 0 Å². The highest BCUT2D eigenvalue weighted by Gasteiger charge is 2.42. The van der Waals surface area contributed by atoms with Crippen LogP contribution in [0.25, 0.3) is 0 Å². The molecule has 1 unspecified atom stereocenters. The SMILES string of the molecule is CCCCC(NCCC)C1(N(C)C)CCCC1. The number of hydrogen-bond acceptors (Lipinski definition) is 2. The van der Waals surface area contributed by atoms with Crippen LogP contribution < -0.4 is 5.32 Å². The molecule has 1 aliphatic rings. The summed E-state index contributed by atoms with van der Waals surface area (Å²) >= 11 is 0. The standard InChI is InChI=1S/C15H32N2/c1-5-7-10-14(16-13-6-2)15(17(3)4)11-8-9-12-15/h14,16H,5-13H2,1-4H3. The molecule has 1 fully saturated rings. The van der Waals surface area contributed by atoms with Crippen LogP contribution in [-0.2, 0) is 0 Å². The second-order valence-electron chi connectivity index (χ2n) is 5.85. The van der Waals surface area contributed by atoms with Crippen LogP contribution in [-0.4, -0.2) is 37.1 Å². The largest absolute Gasteiger partial charge is 0.312 e. The minimum atomic E-state index is 0.435. The molecular formula is C15H32N2. The van der Waals surface area contributed by atoms with E-state index < -0.39 is 0 Å². The van der Waals surface area contributed by atoms with Crippen molar-refractivity contribution < 1.29 is 0 Å². The van der Waals surface area contributed by atoms with Gasteiger partial charge in [0, 0.05) is 11.6 Å². The second kappa shape index (κ2) is 7.38. The third kappa shape index (κ3) is 3.69. The summed E-state index contributed by atoms with van der Waals surface area (Å²) in [7, 11) is 4.55. The molecule has 2 nitrogen and oxygen atoms in total. The molecule has 0 heterocycles. The van der Waals surface area contributed by atoms with Crippen molar-refractivity contribution in [3.8, 4) is 0 Å². The van der Waals surface area contributed by atoms with Crippen molar-refractivity contribution in [1.82, 2.24) is 10.2 Å². The van der Waals surface area contributed by atoms with Gasteiger partial charge in [-0.2, -0.15) is 0 Å². The number of unbranched alkanes of at least 4 members (excludes halogenated alkanes) is 1. The Balaban J connectivity index is 2.68. The summed E-state index contributed by atoms with van der Waals surface area (Å²) in [5, 5.41) is 3.83. The molecule has 2 heteroatoms. The van der Waals surface area contributed by atoms with E-state index in [4.69, 9.17) is 0 Å². The van der Waals surface area contributed by atoms with Crippen molar-refractivity contribution in [2.75, 3.05) is 20.6 Å². The van der Waals surface area contributed by atoms with Crippen molar-refractivity contribution in [3.05, 3.63) is 0 Å². The zero-order valence-corrected chi connectivity index (χ0v) is 12.4. The summed E-state index contributed by atoms with van der Waals surface area (Å²) in [6.07, 6.45) is 10.8. The lowest BCUT2D eigenvalue weighted by atomic mass is 9.83. The molecule has 0 aromatic carbocycles. The monoisotopic (exact) mass is 240 g/mol. The van der Waals surface area contributed by atoms with Gasteiger partial charge in [-0.15, -0.1) is 0 Å². The molecule has 1 rings (SSSR count). The predicted octanol–water partition coefficient (Wildman–Crippen LogP) is 3.42. The zero-order valence-electron chi connectivity index (χ0n) is 12.4. The molecule has 0 bridgehead atoms. The Morgan fingerprint density at radius 2 is 1.76 bits per heavy atom. The van der Waals surface area contributed by atoms with Gasteiger partial charge in [0.25, 0.3) is 0 Å². The highest BCUT2D eigenvalue weighted by molar-refractivity contribution is 5.01. The van der Waals surface area contributed by atoms with Crippen molar-refractivity contribution in [2.45, 2.75) is 76.8 Å². The van der Waals surface area contributed by atoms with Gasteiger partial charge in [-0.3, -0.25) is 0 Å². The molecule has 1 saturated carbocycles. The number of hydrogen-bond donors (Lipinski definition) is 1. The number of rotatable bonds is 8. The summed E-state index contributed by atoms with van der Waals surface area (Å²) < 4.78 is 0. The molecule has 0 aliphatic heterocycles. The van der Waals surface area contributed by atoms with Gasteiger partial charge in [-0.25, -0.2) is 0 Å². The van der Waals surface area contributed by atoms with Crippen molar-refractivity contribution in [2.24, 2.45) is 0 Å². The summed E-state index contributed by atoms with van der Waals surface area (Å²) in [5.74, 6) is 0. The molecule has 0 saturated heterocycles. The third-order valence-electron chi connectivity index (χ3n) is 4.50. The van der Waals surface area contributed by atoms with Crippen LogP contribution in [0.2, 0.25) is 0 Å². The van der Waals surface area contributed by atoms with E-state index in [2.05, 4.69) is 38.2 Å². The topological polar surface area (TPSA) is 15.3 Å². The minimum Gasteiger partial charge on any atom is -0.312 e. The molecule has 1 aliphatic carbocycles. The predicted molar refractivity (Wildman–Crippen MR) is 76.5 cm³/mol. The average molecular weight is 240 g/mol. The zero-order chi connectivity index (χ0) is 12.7. The summed E-state index contributed by atoms with van der Waals surface area (Å²) in [6, 6.07) is 0.694. The maximum absolute atomic E-state index is 3.83. The summed E-state index contributed by atoms with van der Waals surface area (Å²) in [5.41, 5.74) is 0.435. The van der Waals surface area contributed by atoms with E-state index in [-0.39, 0.29) is 0 Å². The highest BCUT2D eigenvalue weighted by Crippen LogP contribution is 2.38. The Bertz CT molecular complexity index is 187.